The highest BCUT2D eigenvalue weighted by atomic mass is 79.9. The van der Waals surface area contributed by atoms with Crippen molar-refractivity contribution in [2.24, 2.45) is 0 Å². The topological polar surface area (TPSA) is 41.5 Å². The Kier molecular flexibility index (Phi) is 9.38. The molecule has 0 radical (unpaired) electrons. The van der Waals surface area contributed by atoms with Crippen LogP contribution in [0.25, 0.3) is 0 Å². The quantitative estimate of drug-likeness (QED) is 0.645. The van der Waals surface area contributed by atoms with E-state index in [1.807, 2.05) is 36.0 Å². The summed E-state index contributed by atoms with van der Waals surface area (Å²) in [4.78, 5) is 0. The summed E-state index contributed by atoms with van der Waals surface area (Å²) >= 11 is 5.25. The molecule has 0 atom stereocenters. The summed E-state index contributed by atoms with van der Waals surface area (Å²) in [5, 5.41) is 11.9. The lowest BCUT2D eigenvalue weighted by molar-refractivity contribution is 0.296. The fourth-order valence-electron chi connectivity index (χ4n) is 1.31. The van der Waals surface area contributed by atoms with Crippen molar-refractivity contribution in [3.63, 3.8) is 0 Å². The molecule has 0 spiro atoms. The summed E-state index contributed by atoms with van der Waals surface area (Å²) in [6, 6.07) is 7.85. The molecule has 102 valence electrons. The number of nitrogens with one attached hydrogen (secondary N) is 1. The van der Waals surface area contributed by atoms with Crippen molar-refractivity contribution >= 4 is 27.7 Å². The molecular weight excluding hydrogens is 314 g/mol. The number of hydrogen-bond donors (Lipinski definition) is 2. The van der Waals surface area contributed by atoms with Gasteiger partial charge in [0.1, 0.15) is 12.4 Å². The number of thioether (sulfide) groups is 1. The molecule has 2 N–H and O–H groups in total. The van der Waals surface area contributed by atoms with E-state index in [-0.39, 0.29) is 0 Å². The van der Waals surface area contributed by atoms with E-state index in [4.69, 9.17) is 9.84 Å². The summed E-state index contributed by atoms with van der Waals surface area (Å²) in [5.74, 6) is 3.02. The first-order chi connectivity index (χ1) is 8.83. The molecule has 0 unspecified atom stereocenters. The maximum atomic E-state index is 8.62. The fourth-order valence-corrected chi connectivity index (χ4v) is 2.40. The number of rotatable bonds is 10. The van der Waals surface area contributed by atoms with E-state index in [0.29, 0.717) is 13.2 Å². The van der Waals surface area contributed by atoms with Crippen LogP contribution in [-0.4, -0.2) is 42.9 Å². The molecule has 0 aromatic heterocycles. The van der Waals surface area contributed by atoms with E-state index < -0.39 is 0 Å². The number of aliphatic hydroxyl groups excluding tert-OH is 1. The van der Waals surface area contributed by atoms with Crippen molar-refractivity contribution < 1.29 is 9.84 Å². The molecule has 1 aromatic rings. The third-order valence-corrected chi connectivity index (χ3v) is 3.83. The second-order valence-electron chi connectivity index (χ2n) is 3.74. The maximum absolute atomic E-state index is 8.62. The predicted molar refractivity (Wildman–Crippen MR) is 81.5 cm³/mol. The van der Waals surface area contributed by atoms with Gasteiger partial charge in [-0.15, -0.1) is 0 Å². The van der Waals surface area contributed by atoms with Crippen LogP contribution in [0, 0.1) is 0 Å². The van der Waals surface area contributed by atoms with Gasteiger partial charge in [-0.2, -0.15) is 11.8 Å². The Labute approximate surface area is 121 Å². The van der Waals surface area contributed by atoms with E-state index in [0.717, 1.165) is 41.2 Å². The first-order valence-electron chi connectivity index (χ1n) is 6.10. The highest BCUT2D eigenvalue weighted by Crippen LogP contribution is 2.15. The smallest absolute Gasteiger partial charge is 0.119 e. The summed E-state index contributed by atoms with van der Waals surface area (Å²) in [6.07, 6.45) is 0.886. The molecule has 0 fully saturated rings. The SMILES string of the molecule is OCCCSCCNCCOc1ccc(Br)cc1. The van der Waals surface area contributed by atoms with Crippen molar-refractivity contribution in [1.82, 2.24) is 5.32 Å². The third-order valence-electron chi connectivity index (χ3n) is 2.23. The lowest BCUT2D eigenvalue weighted by Crippen LogP contribution is -2.23. The van der Waals surface area contributed by atoms with Crippen LogP contribution in [0.5, 0.6) is 5.75 Å². The van der Waals surface area contributed by atoms with Crippen LogP contribution in [0.4, 0.5) is 0 Å². The molecule has 18 heavy (non-hydrogen) atoms. The number of aliphatic hydroxyl groups is 1. The van der Waals surface area contributed by atoms with Gasteiger partial charge in [0.25, 0.3) is 0 Å². The minimum atomic E-state index is 0.293. The van der Waals surface area contributed by atoms with Crippen molar-refractivity contribution in [1.29, 1.82) is 0 Å². The lowest BCUT2D eigenvalue weighted by Gasteiger charge is -2.07. The van der Waals surface area contributed by atoms with Crippen molar-refractivity contribution in [3.05, 3.63) is 28.7 Å². The molecule has 1 aromatic carbocycles. The molecular formula is C13H20BrNO2S. The molecule has 0 aliphatic carbocycles. The zero-order valence-electron chi connectivity index (χ0n) is 10.4. The zero-order chi connectivity index (χ0) is 13.1. The van der Waals surface area contributed by atoms with E-state index in [1.54, 1.807) is 0 Å². The molecule has 0 saturated heterocycles. The van der Waals surface area contributed by atoms with Crippen LogP contribution in [-0.2, 0) is 0 Å². The second-order valence-corrected chi connectivity index (χ2v) is 5.88. The minimum Gasteiger partial charge on any atom is -0.492 e. The lowest BCUT2D eigenvalue weighted by atomic mass is 10.3. The number of hydrogen-bond acceptors (Lipinski definition) is 4. The van der Waals surface area contributed by atoms with Gasteiger partial charge < -0.3 is 15.2 Å². The van der Waals surface area contributed by atoms with Crippen LogP contribution in [0.3, 0.4) is 0 Å². The van der Waals surface area contributed by atoms with Crippen LogP contribution >= 0.6 is 27.7 Å². The largest absolute Gasteiger partial charge is 0.492 e. The summed E-state index contributed by atoms with van der Waals surface area (Å²) in [5.41, 5.74) is 0. The molecule has 0 aliphatic heterocycles. The Balaban J connectivity index is 1.91. The third kappa shape index (κ3) is 7.97. The van der Waals surface area contributed by atoms with Crippen LogP contribution in [0.15, 0.2) is 28.7 Å². The maximum Gasteiger partial charge on any atom is 0.119 e. The first kappa shape index (κ1) is 15.8. The van der Waals surface area contributed by atoms with Crippen molar-refractivity contribution in [3.8, 4) is 5.75 Å². The zero-order valence-corrected chi connectivity index (χ0v) is 12.8. The monoisotopic (exact) mass is 333 g/mol. The average molecular weight is 334 g/mol. The van der Waals surface area contributed by atoms with E-state index in [1.165, 1.54) is 0 Å². The van der Waals surface area contributed by atoms with E-state index in [2.05, 4.69) is 21.2 Å². The fraction of sp³-hybridized carbons (Fsp3) is 0.538. The molecule has 0 amide bonds. The standard InChI is InChI=1S/C13H20BrNO2S/c14-12-2-4-13(5-3-12)17-9-6-15-7-11-18-10-1-8-16/h2-5,15-16H,1,6-11H2. The van der Waals surface area contributed by atoms with Gasteiger partial charge in [-0.1, -0.05) is 15.9 Å². The molecule has 0 aliphatic rings. The number of ether oxygens (including phenoxy) is 1. The molecule has 0 heterocycles. The van der Waals surface area contributed by atoms with Gasteiger partial charge in [-0.05, 0) is 36.4 Å². The number of benzene rings is 1. The molecule has 0 bridgehead atoms. The van der Waals surface area contributed by atoms with Gasteiger partial charge in [0.05, 0.1) is 0 Å². The van der Waals surface area contributed by atoms with E-state index in [9.17, 15) is 0 Å². The van der Waals surface area contributed by atoms with Gasteiger partial charge >= 0.3 is 0 Å². The highest BCUT2D eigenvalue weighted by Gasteiger charge is 1.94. The second kappa shape index (κ2) is 10.7. The molecule has 1 rings (SSSR count). The minimum absolute atomic E-state index is 0.293. The van der Waals surface area contributed by atoms with Crippen LogP contribution < -0.4 is 10.1 Å². The van der Waals surface area contributed by atoms with Gasteiger partial charge in [0.2, 0.25) is 0 Å². The van der Waals surface area contributed by atoms with E-state index >= 15 is 0 Å². The Morgan fingerprint density at radius 2 is 1.94 bits per heavy atom. The highest BCUT2D eigenvalue weighted by molar-refractivity contribution is 9.10. The molecule has 5 heteroatoms. The van der Waals surface area contributed by atoms with Crippen molar-refractivity contribution in [2.75, 3.05) is 37.8 Å². The molecule has 3 nitrogen and oxygen atoms in total. The summed E-state index contributed by atoms with van der Waals surface area (Å²) in [6.45, 7) is 2.82. The van der Waals surface area contributed by atoms with Gasteiger partial charge in [0, 0.05) is 29.9 Å². The Morgan fingerprint density at radius 1 is 1.17 bits per heavy atom. The summed E-state index contributed by atoms with van der Waals surface area (Å²) < 4.78 is 6.65. The first-order valence-corrected chi connectivity index (χ1v) is 8.05. The average Bonchev–Trinajstić information content (AvgIpc) is 2.39. The van der Waals surface area contributed by atoms with Crippen LogP contribution in [0.2, 0.25) is 0 Å². The summed E-state index contributed by atoms with van der Waals surface area (Å²) in [7, 11) is 0. The van der Waals surface area contributed by atoms with Gasteiger partial charge in [0.15, 0.2) is 0 Å². The van der Waals surface area contributed by atoms with Crippen molar-refractivity contribution in [2.45, 2.75) is 6.42 Å². The normalized spacial score (nSPS) is 10.6. The van der Waals surface area contributed by atoms with Crippen LogP contribution in [0.1, 0.15) is 6.42 Å². The predicted octanol–water partition coefficient (Wildman–Crippen LogP) is 2.53. The Bertz CT molecular complexity index is 308. The Morgan fingerprint density at radius 3 is 2.67 bits per heavy atom. The van der Waals surface area contributed by atoms with Gasteiger partial charge in [-0.3, -0.25) is 0 Å². The Hall–Kier alpha value is -0.230. The number of halogens is 1. The molecule has 0 saturated carbocycles. The van der Waals surface area contributed by atoms with Gasteiger partial charge in [-0.25, -0.2) is 0 Å².